The summed E-state index contributed by atoms with van der Waals surface area (Å²) in [5, 5.41) is 12.4. The van der Waals surface area contributed by atoms with Gasteiger partial charge in [-0.2, -0.15) is 0 Å². The fourth-order valence-corrected chi connectivity index (χ4v) is 2.04. The van der Waals surface area contributed by atoms with Crippen molar-refractivity contribution >= 4 is 5.91 Å². The average Bonchev–Trinajstić information content (AvgIpc) is 2.41. The van der Waals surface area contributed by atoms with E-state index in [2.05, 4.69) is 26.1 Å². The van der Waals surface area contributed by atoms with Gasteiger partial charge in [-0.25, -0.2) is 0 Å². The van der Waals surface area contributed by atoms with Crippen LogP contribution in [0.4, 0.5) is 0 Å². The molecule has 0 saturated heterocycles. The minimum Gasteiger partial charge on any atom is -0.396 e. The summed E-state index contributed by atoms with van der Waals surface area (Å²) in [5.41, 5.74) is -0.127. The molecule has 3 heteroatoms. The van der Waals surface area contributed by atoms with Gasteiger partial charge in [0.25, 0.3) is 0 Å². The highest BCUT2D eigenvalue weighted by atomic mass is 16.3. The van der Waals surface area contributed by atoms with Crippen LogP contribution in [0, 0.1) is 5.41 Å². The molecule has 0 saturated carbocycles. The zero-order chi connectivity index (χ0) is 13.9. The smallest absolute Gasteiger partial charge is 0.220 e. The normalized spacial score (nSPS) is 11.6. The third-order valence-electron chi connectivity index (χ3n) is 4.00. The first-order valence-corrected chi connectivity index (χ1v) is 7.51. The molecule has 0 rings (SSSR count). The van der Waals surface area contributed by atoms with Gasteiger partial charge in [-0.3, -0.25) is 4.79 Å². The predicted molar refractivity (Wildman–Crippen MR) is 76.5 cm³/mol. The average molecular weight is 257 g/mol. The van der Waals surface area contributed by atoms with Gasteiger partial charge in [0.05, 0.1) is 6.61 Å². The number of hydrogen-bond donors (Lipinski definition) is 2. The van der Waals surface area contributed by atoms with Crippen molar-refractivity contribution in [2.75, 3.05) is 13.2 Å². The Kier molecular flexibility index (Phi) is 10.0. The lowest BCUT2D eigenvalue weighted by atomic mass is 9.83. The van der Waals surface area contributed by atoms with Crippen molar-refractivity contribution in [1.82, 2.24) is 5.32 Å². The highest BCUT2D eigenvalue weighted by Gasteiger charge is 2.25. The Morgan fingerprint density at radius 2 is 1.67 bits per heavy atom. The highest BCUT2D eigenvalue weighted by molar-refractivity contribution is 5.75. The number of carbonyl (C=O) groups excluding carboxylic acids is 1. The molecule has 0 aliphatic carbocycles. The molecule has 0 aromatic rings. The van der Waals surface area contributed by atoms with Gasteiger partial charge in [0.15, 0.2) is 0 Å². The Morgan fingerprint density at radius 3 is 2.17 bits per heavy atom. The summed E-state index contributed by atoms with van der Waals surface area (Å²) in [6.45, 7) is 7.07. The number of rotatable bonds is 11. The highest BCUT2D eigenvalue weighted by Crippen LogP contribution is 2.24. The maximum atomic E-state index is 11.7. The SMILES string of the molecule is CCCCCCCC(=O)NCC(CC)(CC)CO. The van der Waals surface area contributed by atoms with E-state index in [1.54, 1.807) is 0 Å². The summed E-state index contributed by atoms with van der Waals surface area (Å²) in [4.78, 5) is 11.7. The van der Waals surface area contributed by atoms with Gasteiger partial charge in [0.2, 0.25) is 5.91 Å². The van der Waals surface area contributed by atoms with Crippen LogP contribution < -0.4 is 5.32 Å². The minimum atomic E-state index is -0.127. The van der Waals surface area contributed by atoms with E-state index in [1.807, 2.05) is 0 Å². The fourth-order valence-electron chi connectivity index (χ4n) is 2.04. The number of carbonyl (C=O) groups is 1. The second-order valence-corrected chi connectivity index (χ2v) is 5.31. The second kappa shape index (κ2) is 10.4. The molecule has 0 aliphatic rings. The van der Waals surface area contributed by atoms with E-state index < -0.39 is 0 Å². The van der Waals surface area contributed by atoms with E-state index in [4.69, 9.17) is 0 Å². The molecule has 0 aliphatic heterocycles. The monoisotopic (exact) mass is 257 g/mol. The van der Waals surface area contributed by atoms with E-state index in [-0.39, 0.29) is 17.9 Å². The molecule has 1 amide bonds. The van der Waals surface area contributed by atoms with Crippen LogP contribution >= 0.6 is 0 Å². The zero-order valence-electron chi connectivity index (χ0n) is 12.4. The van der Waals surface area contributed by atoms with Crippen molar-refractivity contribution in [3.8, 4) is 0 Å². The van der Waals surface area contributed by atoms with Gasteiger partial charge in [-0.05, 0) is 19.3 Å². The summed E-state index contributed by atoms with van der Waals surface area (Å²) < 4.78 is 0. The standard InChI is InChI=1S/C15H31NO2/c1-4-7-8-9-10-11-14(18)16-12-15(5-2,6-3)13-17/h17H,4-13H2,1-3H3,(H,16,18). The van der Waals surface area contributed by atoms with Crippen molar-refractivity contribution in [1.29, 1.82) is 0 Å². The molecule has 0 bridgehead atoms. The molecule has 3 nitrogen and oxygen atoms in total. The fraction of sp³-hybridized carbons (Fsp3) is 0.933. The molecular weight excluding hydrogens is 226 g/mol. The molecule has 0 aromatic carbocycles. The van der Waals surface area contributed by atoms with Crippen molar-refractivity contribution in [2.45, 2.75) is 72.1 Å². The Labute approximate surface area is 112 Å². The number of hydrogen-bond acceptors (Lipinski definition) is 2. The van der Waals surface area contributed by atoms with Gasteiger partial charge in [0, 0.05) is 18.4 Å². The Balaban J connectivity index is 3.74. The minimum absolute atomic E-state index is 0.127. The second-order valence-electron chi connectivity index (χ2n) is 5.31. The molecule has 108 valence electrons. The van der Waals surface area contributed by atoms with Gasteiger partial charge in [-0.15, -0.1) is 0 Å². The van der Waals surface area contributed by atoms with Gasteiger partial charge in [-0.1, -0.05) is 46.5 Å². The maximum Gasteiger partial charge on any atom is 0.220 e. The Morgan fingerprint density at radius 1 is 1.06 bits per heavy atom. The molecule has 0 atom stereocenters. The first kappa shape index (κ1) is 17.4. The van der Waals surface area contributed by atoms with Crippen LogP contribution in [0.15, 0.2) is 0 Å². The Hall–Kier alpha value is -0.570. The van der Waals surface area contributed by atoms with Crippen molar-refractivity contribution < 1.29 is 9.90 Å². The zero-order valence-corrected chi connectivity index (χ0v) is 12.4. The molecule has 0 heterocycles. The molecule has 0 unspecified atom stereocenters. The summed E-state index contributed by atoms with van der Waals surface area (Å²) in [6.07, 6.45) is 8.28. The van der Waals surface area contributed by atoms with Gasteiger partial charge >= 0.3 is 0 Å². The summed E-state index contributed by atoms with van der Waals surface area (Å²) >= 11 is 0. The van der Waals surface area contributed by atoms with Crippen LogP contribution in [0.5, 0.6) is 0 Å². The molecule has 0 aromatic heterocycles. The molecule has 2 N–H and O–H groups in total. The summed E-state index contributed by atoms with van der Waals surface area (Å²) in [5.74, 6) is 0.131. The predicted octanol–water partition coefficient (Wildman–Crippen LogP) is 3.26. The van der Waals surface area contributed by atoms with E-state index in [0.29, 0.717) is 13.0 Å². The van der Waals surface area contributed by atoms with Gasteiger partial charge in [0.1, 0.15) is 0 Å². The lowest BCUT2D eigenvalue weighted by molar-refractivity contribution is -0.121. The third kappa shape index (κ3) is 7.00. The Bertz CT molecular complexity index is 204. The van der Waals surface area contributed by atoms with E-state index in [9.17, 15) is 9.90 Å². The van der Waals surface area contributed by atoms with E-state index in [1.165, 1.54) is 19.3 Å². The third-order valence-corrected chi connectivity index (χ3v) is 4.00. The van der Waals surface area contributed by atoms with Crippen LogP contribution in [0.3, 0.4) is 0 Å². The van der Waals surface area contributed by atoms with Crippen molar-refractivity contribution in [3.63, 3.8) is 0 Å². The van der Waals surface area contributed by atoms with Gasteiger partial charge < -0.3 is 10.4 Å². The largest absolute Gasteiger partial charge is 0.396 e. The quantitative estimate of drug-likeness (QED) is 0.558. The number of nitrogens with one attached hydrogen (secondary N) is 1. The van der Waals surface area contributed by atoms with Crippen molar-refractivity contribution in [3.05, 3.63) is 0 Å². The molecular formula is C15H31NO2. The van der Waals surface area contributed by atoms with Crippen molar-refractivity contribution in [2.24, 2.45) is 5.41 Å². The molecule has 0 radical (unpaired) electrons. The lowest BCUT2D eigenvalue weighted by Crippen LogP contribution is -2.39. The molecule has 0 spiro atoms. The van der Waals surface area contributed by atoms with Crippen LogP contribution in [-0.4, -0.2) is 24.2 Å². The van der Waals surface area contributed by atoms with Crippen LogP contribution in [-0.2, 0) is 4.79 Å². The number of unbranched alkanes of at least 4 members (excludes halogenated alkanes) is 4. The van der Waals surface area contributed by atoms with Crippen LogP contribution in [0.2, 0.25) is 0 Å². The number of aliphatic hydroxyl groups is 1. The molecule has 0 fully saturated rings. The maximum absolute atomic E-state index is 11.7. The summed E-state index contributed by atoms with van der Waals surface area (Å²) in [7, 11) is 0. The number of aliphatic hydroxyl groups excluding tert-OH is 1. The van der Waals surface area contributed by atoms with Crippen LogP contribution in [0.1, 0.15) is 72.1 Å². The molecule has 18 heavy (non-hydrogen) atoms. The van der Waals surface area contributed by atoms with E-state index >= 15 is 0 Å². The first-order valence-electron chi connectivity index (χ1n) is 7.51. The van der Waals surface area contributed by atoms with E-state index in [0.717, 1.165) is 25.7 Å². The first-order chi connectivity index (χ1) is 8.64. The summed E-state index contributed by atoms with van der Waals surface area (Å²) in [6, 6.07) is 0. The topological polar surface area (TPSA) is 49.3 Å². The van der Waals surface area contributed by atoms with Crippen LogP contribution in [0.25, 0.3) is 0 Å². The number of amides is 1. The lowest BCUT2D eigenvalue weighted by Gasteiger charge is -2.29.